The minimum absolute atomic E-state index is 0.108. The molecule has 1 unspecified atom stereocenters. The third kappa shape index (κ3) is 2.05. The van der Waals surface area contributed by atoms with Crippen molar-refractivity contribution in [3.8, 4) is 0 Å². The molecule has 0 saturated heterocycles. The number of rotatable bonds is 2. The number of hydrogen-bond donors (Lipinski definition) is 0. The molecule has 2 rings (SSSR count). The SMILES string of the molecule is COC(=O)CC1Cc2ccccc2C(=O)O1. The monoisotopic (exact) mass is 220 g/mol. The van der Waals surface area contributed by atoms with Crippen molar-refractivity contribution < 1.29 is 19.1 Å². The molecule has 1 aliphatic rings. The summed E-state index contributed by atoms with van der Waals surface area (Å²) in [6, 6.07) is 7.26. The molecule has 1 aromatic rings. The molecule has 0 N–H and O–H groups in total. The highest BCUT2D eigenvalue weighted by Crippen LogP contribution is 2.22. The molecule has 0 fully saturated rings. The van der Waals surface area contributed by atoms with E-state index in [1.54, 1.807) is 12.1 Å². The maximum atomic E-state index is 11.6. The van der Waals surface area contributed by atoms with E-state index in [1.165, 1.54) is 7.11 Å². The highest BCUT2D eigenvalue weighted by molar-refractivity contribution is 5.92. The van der Waals surface area contributed by atoms with Crippen LogP contribution in [0, 0.1) is 0 Å². The van der Waals surface area contributed by atoms with Crippen molar-refractivity contribution >= 4 is 11.9 Å². The van der Waals surface area contributed by atoms with Gasteiger partial charge in [-0.3, -0.25) is 4.79 Å². The van der Waals surface area contributed by atoms with Crippen LogP contribution in [0.2, 0.25) is 0 Å². The van der Waals surface area contributed by atoms with Crippen molar-refractivity contribution in [1.29, 1.82) is 0 Å². The van der Waals surface area contributed by atoms with Crippen LogP contribution >= 0.6 is 0 Å². The second kappa shape index (κ2) is 4.35. The van der Waals surface area contributed by atoms with Gasteiger partial charge >= 0.3 is 11.9 Å². The average molecular weight is 220 g/mol. The molecule has 0 spiro atoms. The molecule has 1 heterocycles. The van der Waals surface area contributed by atoms with Crippen LogP contribution in [0.15, 0.2) is 24.3 Å². The van der Waals surface area contributed by atoms with Crippen LogP contribution in [0.25, 0.3) is 0 Å². The summed E-state index contributed by atoms with van der Waals surface area (Å²) in [6.45, 7) is 0. The lowest BCUT2D eigenvalue weighted by molar-refractivity contribution is -0.142. The van der Waals surface area contributed by atoms with Crippen LogP contribution in [-0.4, -0.2) is 25.2 Å². The number of benzene rings is 1. The highest BCUT2D eigenvalue weighted by Gasteiger charge is 2.27. The van der Waals surface area contributed by atoms with Crippen molar-refractivity contribution in [3.05, 3.63) is 35.4 Å². The minimum atomic E-state index is -0.408. The van der Waals surface area contributed by atoms with Crippen LogP contribution in [-0.2, 0) is 20.7 Å². The van der Waals surface area contributed by atoms with E-state index in [9.17, 15) is 9.59 Å². The fourth-order valence-corrected chi connectivity index (χ4v) is 1.78. The predicted octanol–water partition coefficient (Wildman–Crippen LogP) is 1.33. The minimum Gasteiger partial charge on any atom is -0.469 e. The van der Waals surface area contributed by atoms with Crippen LogP contribution < -0.4 is 0 Å². The first kappa shape index (κ1) is 10.7. The number of hydrogen-bond acceptors (Lipinski definition) is 4. The lowest BCUT2D eigenvalue weighted by Gasteiger charge is -2.23. The molecule has 0 bridgehead atoms. The quantitative estimate of drug-likeness (QED) is 0.705. The van der Waals surface area contributed by atoms with E-state index in [0.717, 1.165) is 5.56 Å². The molecule has 16 heavy (non-hydrogen) atoms. The van der Waals surface area contributed by atoms with Gasteiger partial charge in [0, 0.05) is 6.42 Å². The van der Waals surface area contributed by atoms with Gasteiger partial charge in [-0.1, -0.05) is 18.2 Å². The van der Waals surface area contributed by atoms with Gasteiger partial charge in [-0.25, -0.2) is 4.79 Å². The highest BCUT2D eigenvalue weighted by atomic mass is 16.6. The molecule has 0 amide bonds. The Balaban J connectivity index is 2.15. The van der Waals surface area contributed by atoms with Gasteiger partial charge in [-0.15, -0.1) is 0 Å². The fourth-order valence-electron chi connectivity index (χ4n) is 1.78. The van der Waals surface area contributed by atoms with Crippen LogP contribution in [0.3, 0.4) is 0 Å². The summed E-state index contributed by atoms with van der Waals surface area (Å²) in [7, 11) is 1.32. The molecule has 4 nitrogen and oxygen atoms in total. The molecule has 1 atom stereocenters. The fraction of sp³-hybridized carbons (Fsp3) is 0.333. The van der Waals surface area contributed by atoms with Gasteiger partial charge in [0.15, 0.2) is 0 Å². The smallest absolute Gasteiger partial charge is 0.338 e. The van der Waals surface area contributed by atoms with Gasteiger partial charge in [-0.2, -0.15) is 0 Å². The predicted molar refractivity (Wildman–Crippen MR) is 56.0 cm³/mol. The molecular weight excluding hydrogens is 208 g/mol. The van der Waals surface area contributed by atoms with Gasteiger partial charge in [0.1, 0.15) is 6.10 Å². The van der Waals surface area contributed by atoms with E-state index >= 15 is 0 Å². The second-order valence-electron chi connectivity index (χ2n) is 3.67. The molecular formula is C12H12O4. The van der Waals surface area contributed by atoms with E-state index in [0.29, 0.717) is 12.0 Å². The first-order chi connectivity index (χ1) is 7.70. The molecule has 4 heteroatoms. The van der Waals surface area contributed by atoms with E-state index in [1.807, 2.05) is 12.1 Å². The number of methoxy groups -OCH3 is 1. The zero-order valence-corrected chi connectivity index (χ0v) is 8.93. The van der Waals surface area contributed by atoms with Crippen molar-refractivity contribution in [3.63, 3.8) is 0 Å². The van der Waals surface area contributed by atoms with E-state index in [-0.39, 0.29) is 18.4 Å². The normalized spacial score (nSPS) is 18.6. The molecule has 0 aromatic heterocycles. The Morgan fingerprint density at radius 3 is 3.00 bits per heavy atom. The average Bonchev–Trinajstić information content (AvgIpc) is 2.29. The zero-order chi connectivity index (χ0) is 11.5. The summed E-state index contributed by atoms with van der Waals surface area (Å²) in [5.41, 5.74) is 1.51. The Morgan fingerprint density at radius 2 is 2.25 bits per heavy atom. The first-order valence-corrected chi connectivity index (χ1v) is 5.06. The summed E-state index contributed by atoms with van der Waals surface area (Å²) in [5, 5.41) is 0. The summed E-state index contributed by atoms with van der Waals surface area (Å²) >= 11 is 0. The topological polar surface area (TPSA) is 52.6 Å². The van der Waals surface area contributed by atoms with Gasteiger partial charge < -0.3 is 9.47 Å². The van der Waals surface area contributed by atoms with Crippen molar-refractivity contribution in [2.45, 2.75) is 18.9 Å². The molecule has 1 aromatic carbocycles. The van der Waals surface area contributed by atoms with Gasteiger partial charge in [0.05, 0.1) is 19.1 Å². The first-order valence-electron chi connectivity index (χ1n) is 5.06. The number of esters is 2. The number of ether oxygens (including phenoxy) is 2. The summed E-state index contributed by atoms with van der Waals surface area (Å²) in [5.74, 6) is -0.729. The molecule has 0 radical (unpaired) electrons. The standard InChI is InChI=1S/C12H12O4/c1-15-11(13)7-9-6-8-4-2-3-5-10(8)12(14)16-9/h2-5,9H,6-7H2,1H3. The number of cyclic esters (lactones) is 1. The summed E-state index contributed by atoms with van der Waals surface area (Å²) in [6.07, 6.45) is 0.267. The second-order valence-corrected chi connectivity index (χ2v) is 3.67. The molecule has 84 valence electrons. The van der Waals surface area contributed by atoms with Crippen LogP contribution in [0.1, 0.15) is 22.3 Å². The van der Waals surface area contributed by atoms with Gasteiger partial charge in [0.2, 0.25) is 0 Å². The van der Waals surface area contributed by atoms with Crippen molar-refractivity contribution in [2.24, 2.45) is 0 Å². The third-order valence-electron chi connectivity index (χ3n) is 2.58. The molecule has 1 aliphatic heterocycles. The lowest BCUT2D eigenvalue weighted by atomic mass is 9.97. The summed E-state index contributed by atoms with van der Waals surface area (Å²) in [4.78, 5) is 22.7. The zero-order valence-electron chi connectivity index (χ0n) is 8.93. The Morgan fingerprint density at radius 1 is 1.50 bits per heavy atom. The third-order valence-corrected chi connectivity index (χ3v) is 2.58. The Labute approximate surface area is 93.2 Å². The van der Waals surface area contributed by atoms with E-state index in [2.05, 4.69) is 4.74 Å². The Kier molecular flexibility index (Phi) is 2.90. The van der Waals surface area contributed by atoms with Gasteiger partial charge in [0.25, 0.3) is 0 Å². The number of carbonyl (C=O) groups excluding carboxylic acids is 2. The van der Waals surface area contributed by atoms with E-state index < -0.39 is 6.10 Å². The van der Waals surface area contributed by atoms with Crippen LogP contribution in [0.4, 0.5) is 0 Å². The molecule has 0 aliphatic carbocycles. The van der Waals surface area contributed by atoms with Crippen LogP contribution in [0.5, 0.6) is 0 Å². The number of fused-ring (bicyclic) bond motifs is 1. The summed E-state index contributed by atoms with van der Waals surface area (Å²) < 4.78 is 9.69. The largest absolute Gasteiger partial charge is 0.469 e. The van der Waals surface area contributed by atoms with E-state index in [4.69, 9.17) is 4.74 Å². The van der Waals surface area contributed by atoms with Crippen molar-refractivity contribution in [2.75, 3.05) is 7.11 Å². The van der Waals surface area contributed by atoms with Crippen molar-refractivity contribution in [1.82, 2.24) is 0 Å². The number of carbonyl (C=O) groups is 2. The molecule has 0 saturated carbocycles. The Hall–Kier alpha value is -1.84. The maximum Gasteiger partial charge on any atom is 0.338 e. The maximum absolute atomic E-state index is 11.6. The Bertz CT molecular complexity index is 425. The lowest BCUT2D eigenvalue weighted by Crippen LogP contribution is -2.29. The van der Waals surface area contributed by atoms with Gasteiger partial charge in [-0.05, 0) is 11.6 Å².